The lowest BCUT2D eigenvalue weighted by atomic mass is 10.2. The second kappa shape index (κ2) is 5.37. The molecule has 3 nitrogen and oxygen atoms in total. The lowest BCUT2D eigenvalue weighted by Crippen LogP contribution is -2.01. The van der Waals surface area contributed by atoms with E-state index in [9.17, 15) is 8.42 Å². The van der Waals surface area contributed by atoms with Crippen LogP contribution in [-0.4, -0.2) is 15.0 Å². The van der Waals surface area contributed by atoms with E-state index in [1.807, 2.05) is 6.92 Å². The second-order valence-electron chi connectivity index (χ2n) is 3.14. The SMILES string of the molecule is CCCOc1ccccc1CS(=O)(=O)Cl. The largest absolute Gasteiger partial charge is 0.493 e. The molecule has 0 aliphatic carbocycles. The van der Waals surface area contributed by atoms with Gasteiger partial charge in [-0.15, -0.1) is 0 Å². The van der Waals surface area contributed by atoms with Crippen molar-refractivity contribution in [1.29, 1.82) is 0 Å². The Hall–Kier alpha value is -0.740. The average molecular weight is 249 g/mol. The Labute approximate surface area is 94.4 Å². The first-order chi connectivity index (χ1) is 7.03. The van der Waals surface area contributed by atoms with Crippen LogP contribution in [0.2, 0.25) is 0 Å². The third kappa shape index (κ3) is 4.53. The first-order valence-electron chi connectivity index (χ1n) is 4.66. The molecule has 1 aromatic rings. The van der Waals surface area contributed by atoms with Crippen molar-refractivity contribution in [2.45, 2.75) is 19.1 Å². The summed E-state index contributed by atoms with van der Waals surface area (Å²) in [5, 5.41) is 0. The van der Waals surface area contributed by atoms with E-state index in [0.717, 1.165) is 6.42 Å². The van der Waals surface area contributed by atoms with E-state index in [0.29, 0.717) is 17.9 Å². The van der Waals surface area contributed by atoms with Crippen molar-refractivity contribution in [2.24, 2.45) is 0 Å². The molecule has 0 unspecified atom stereocenters. The van der Waals surface area contributed by atoms with Gasteiger partial charge in [0.15, 0.2) is 0 Å². The van der Waals surface area contributed by atoms with E-state index in [1.165, 1.54) is 0 Å². The fourth-order valence-corrected chi connectivity index (χ4v) is 2.12. The summed E-state index contributed by atoms with van der Waals surface area (Å²) < 4.78 is 27.3. The van der Waals surface area contributed by atoms with Gasteiger partial charge < -0.3 is 4.74 Å². The predicted octanol–water partition coefficient (Wildman–Crippen LogP) is 2.54. The van der Waals surface area contributed by atoms with Crippen molar-refractivity contribution < 1.29 is 13.2 Å². The van der Waals surface area contributed by atoms with Gasteiger partial charge in [-0.25, -0.2) is 8.42 Å². The minimum Gasteiger partial charge on any atom is -0.493 e. The maximum atomic E-state index is 10.9. The summed E-state index contributed by atoms with van der Waals surface area (Å²) in [5.41, 5.74) is 0.598. The van der Waals surface area contributed by atoms with Gasteiger partial charge in [-0.1, -0.05) is 25.1 Å². The molecular formula is C10H13ClO3S. The fourth-order valence-electron chi connectivity index (χ4n) is 1.16. The van der Waals surface area contributed by atoms with Gasteiger partial charge in [0.25, 0.3) is 0 Å². The minimum atomic E-state index is -3.53. The molecular weight excluding hydrogens is 236 g/mol. The molecule has 1 aromatic carbocycles. The van der Waals surface area contributed by atoms with Crippen LogP contribution in [0.4, 0.5) is 0 Å². The lowest BCUT2D eigenvalue weighted by molar-refractivity contribution is 0.315. The molecule has 0 fully saturated rings. The highest BCUT2D eigenvalue weighted by atomic mass is 35.7. The zero-order valence-electron chi connectivity index (χ0n) is 8.44. The van der Waals surface area contributed by atoms with Crippen molar-refractivity contribution in [3.63, 3.8) is 0 Å². The van der Waals surface area contributed by atoms with Gasteiger partial charge in [0.1, 0.15) is 5.75 Å². The highest BCUT2D eigenvalue weighted by Crippen LogP contribution is 2.21. The van der Waals surface area contributed by atoms with Crippen molar-refractivity contribution >= 4 is 19.7 Å². The van der Waals surface area contributed by atoms with Crippen LogP contribution < -0.4 is 4.74 Å². The number of hydrogen-bond donors (Lipinski definition) is 0. The molecule has 0 spiro atoms. The number of benzene rings is 1. The summed E-state index contributed by atoms with van der Waals surface area (Å²) in [7, 11) is 1.66. The smallest absolute Gasteiger partial charge is 0.236 e. The van der Waals surface area contributed by atoms with Crippen LogP contribution in [0, 0.1) is 0 Å². The van der Waals surface area contributed by atoms with Crippen molar-refractivity contribution in [1.82, 2.24) is 0 Å². The van der Waals surface area contributed by atoms with E-state index in [2.05, 4.69) is 0 Å². The Balaban J connectivity index is 2.86. The summed E-state index contributed by atoms with van der Waals surface area (Å²) in [6.07, 6.45) is 0.877. The first-order valence-corrected chi connectivity index (χ1v) is 7.14. The molecule has 15 heavy (non-hydrogen) atoms. The first kappa shape index (κ1) is 12.3. The molecule has 0 aliphatic heterocycles. The Bertz CT molecular complexity index is 414. The number of ether oxygens (including phenoxy) is 1. The molecule has 1 rings (SSSR count). The average Bonchev–Trinajstić information content (AvgIpc) is 2.14. The molecule has 5 heteroatoms. The van der Waals surface area contributed by atoms with E-state index >= 15 is 0 Å². The van der Waals surface area contributed by atoms with Crippen LogP contribution in [0.15, 0.2) is 24.3 Å². The van der Waals surface area contributed by atoms with Crippen LogP contribution in [0.1, 0.15) is 18.9 Å². The van der Waals surface area contributed by atoms with E-state index in [-0.39, 0.29) is 5.75 Å². The normalized spacial score (nSPS) is 11.3. The van der Waals surface area contributed by atoms with Crippen LogP contribution in [0.3, 0.4) is 0 Å². The van der Waals surface area contributed by atoms with Gasteiger partial charge in [0.05, 0.1) is 12.4 Å². The van der Waals surface area contributed by atoms with Crippen molar-refractivity contribution in [3.8, 4) is 5.75 Å². The number of hydrogen-bond acceptors (Lipinski definition) is 3. The highest BCUT2D eigenvalue weighted by Gasteiger charge is 2.11. The fraction of sp³-hybridized carbons (Fsp3) is 0.400. The molecule has 0 amide bonds. The molecule has 0 atom stereocenters. The Morgan fingerprint density at radius 1 is 1.33 bits per heavy atom. The standard InChI is InChI=1S/C10H13ClO3S/c1-2-7-14-10-6-4-3-5-9(10)8-15(11,12)13/h3-6H,2,7-8H2,1H3. The Morgan fingerprint density at radius 3 is 2.60 bits per heavy atom. The summed E-state index contributed by atoms with van der Waals surface area (Å²) in [6, 6.07) is 7.00. The molecule has 0 N–H and O–H groups in total. The zero-order chi connectivity index (χ0) is 11.3. The minimum absolute atomic E-state index is 0.200. The van der Waals surface area contributed by atoms with E-state index in [1.54, 1.807) is 24.3 Å². The van der Waals surface area contributed by atoms with E-state index in [4.69, 9.17) is 15.4 Å². The van der Waals surface area contributed by atoms with Crippen LogP contribution >= 0.6 is 10.7 Å². The van der Waals surface area contributed by atoms with Gasteiger partial charge in [0.2, 0.25) is 9.05 Å². The third-order valence-electron chi connectivity index (χ3n) is 1.76. The molecule has 0 aromatic heterocycles. The maximum Gasteiger partial charge on any atom is 0.236 e. The molecule has 84 valence electrons. The predicted molar refractivity (Wildman–Crippen MR) is 60.7 cm³/mol. The van der Waals surface area contributed by atoms with Gasteiger partial charge in [-0.2, -0.15) is 0 Å². The van der Waals surface area contributed by atoms with Crippen molar-refractivity contribution in [3.05, 3.63) is 29.8 Å². The van der Waals surface area contributed by atoms with Crippen LogP contribution in [-0.2, 0) is 14.8 Å². The molecule has 0 heterocycles. The molecule has 0 radical (unpaired) electrons. The third-order valence-corrected chi connectivity index (χ3v) is 2.75. The highest BCUT2D eigenvalue weighted by molar-refractivity contribution is 8.13. The molecule has 0 saturated heterocycles. The van der Waals surface area contributed by atoms with Crippen LogP contribution in [0.5, 0.6) is 5.75 Å². The number of para-hydroxylation sites is 1. The van der Waals surface area contributed by atoms with Crippen molar-refractivity contribution in [2.75, 3.05) is 6.61 Å². The van der Waals surface area contributed by atoms with Gasteiger partial charge in [0, 0.05) is 16.2 Å². The molecule has 0 saturated carbocycles. The monoisotopic (exact) mass is 248 g/mol. The summed E-state index contributed by atoms with van der Waals surface area (Å²) in [5.74, 6) is 0.387. The van der Waals surface area contributed by atoms with Gasteiger partial charge in [-0.05, 0) is 12.5 Å². The maximum absolute atomic E-state index is 10.9. The molecule has 0 bridgehead atoms. The summed E-state index contributed by atoms with van der Waals surface area (Å²) in [6.45, 7) is 2.56. The Kier molecular flexibility index (Phi) is 4.42. The van der Waals surface area contributed by atoms with Crippen LogP contribution in [0.25, 0.3) is 0 Å². The summed E-state index contributed by atoms with van der Waals surface area (Å²) in [4.78, 5) is 0. The van der Waals surface area contributed by atoms with Gasteiger partial charge in [-0.3, -0.25) is 0 Å². The number of halogens is 1. The Morgan fingerprint density at radius 2 is 2.00 bits per heavy atom. The second-order valence-corrected chi connectivity index (χ2v) is 5.92. The quantitative estimate of drug-likeness (QED) is 0.752. The van der Waals surface area contributed by atoms with E-state index < -0.39 is 9.05 Å². The summed E-state index contributed by atoms with van der Waals surface area (Å²) >= 11 is 0. The topological polar surface area (TPSA) is 43.4 Å². The molecule has 0 aliphatic rings. The van der Waals surface area contributed by atoms with Gasteiger partial charge >= 0.3 is 0 Å². The lowest BCUT2D eigenvalue weighted by Gasteiger charge is -2.08. The number of rotatable bonds is 5. The zero-order valence-corrected chi connectivity index (χ0v) is 10.0.